The number of ketones is 2. The molecular weight excluding hydrogens is 286 g/mol. The number of hydrogen-bond donors (Lipinski definition) is 1. The van der Waals surface area contributed by atoms with Crippen LogP contribution in [0.15, 0.2) is 0 Å². The van der Waals surface area contributed by atoms with E-state index in [-0.39, 0.29) is 27.3 Å². The Morgan fingerprint density at radius 3 is 1.43 bits per heavy atom. The maximum atomic E-state index is 10.8. The molecule has 128 valence electrons. The molecule has 1 saturated carbocycles. The van der Waals surface area contributed by atoms with E-state index in [0.717, 1.165) is 38.8 Å². The lowest BCUT2D eigenvalue weighted by Gasteiger charge is -2.19. The summed E-state index contributed by atoms with van der Waals surface area (Å²) in [6.45, 7) is 5.44. The Balaban J connectivity index is -0.000000270. The molecular formula is C17H36ClNO2. The molecule has 2 aliphatic rings. The molecule has 1 heterocycles. The molecule has 0 atom stereocenters. The van der Waals surface area contributed by atoms with Gasteiger partial charge in [0.15, 0.2) is 0 Å². The van der Waals surface area contributed by atoms with Crippen molar-refractivity contribution in [2.75, 3.05) is 13.1 Å². The van der Waals surface area contributed by atoms with Gasteiger partial charge in [0.1, 0.15) is 11.6 Å². The van der Waals surface area contributed by atoms with Crippen molar-refractivity contribution in [3.63, 3.8) is 0 Å². The summed E-state index contributed by atoms with van der Waals surface area (Å²) in [5.41, 5.74) is 0. The van der Waals surface area contributed by atoms with Gasteiger partial charge in [0.05, 0.1) is 0 Å². The van der Waals surface area contributed by atoms with Crippen LogP contribution in [0.2, 0.25) is 0 Å². The zero-order chi connectivity index (χ0) is 13.4. The smallest absolute Gasteiger partial charge is 0.133 e. The summed E-state index contributed by atoms with van der Waals surface area (Å²) >= 11 is 0. The molecule has 1 saturated heterocycles. The largest absolute Gasteiger partial charge is 0.317 e. The van der Waals surface area contributed by atoms with Crippen LogP contribution in [0.3, 0.4) is 0 Å². The molecule has 0 amide bonds. The molecule has 21 heavy (non-hydrogen) atoms. The Morgan fingerprint density at radius 1 is 0.762 bits per heavy atom. The molecule has 4 heteroatoms. The molecule has 0 aromatic heterocycles. The predicted octanol–water partition coefficient (Wildman–Crippen LogP) is 4.42. The summed E-state index contributed by atoms with van der Waals surface area (Å²) in [7, 11) is 0. The quantitative estimate of drug-likeness (QED) is 0.818. The topological polar surface area (TPSA) is 46.2 Å². The van der Waals surface area contributed by atoms with Crippen molar-refractivity contribution >= 4 is 24.0 Å². The normalized spacial score (nSPS) is 18.8. The van der Waals surface area contributed by atoms with Gasteiger partial charge in [-0.2, -0.15) is 0 Å². The average Bonchev–Trinajstić information content (AvgIpc) is 2.41. The molecule has 1 aliphatic carbocycles. The van der Waals surface area contributed by atoms with E-state index in [4.69, 9.17) is 0 Å². The van der Waals surface area contributed by atoms with Crippen molar-refractivity contribution in [3.8, 4) is 0 Å². The number of rotatable bonds is 2. The van der Waals surface area contributed by atoms with Crippen LogP contribution in [-0.4, -0.2) is 24.7 Å². The second-order valence-corrected chi connectivity index (χ2v) is 5.58. The average molecular weight is 322 g/mol. The molecule has 1 aliphatic heterocycles. The molecule has 0 aromatic rings. The van der Waals surface area contributed by atoms with Crippen molar-refractivity contribution in [3.05, 3.63) is 0 Å². The number of halogens is 1. The van der Waals surface area contributed by atoms with E-state index in [1.54, 1.807) is 13.8 Å². The highest BCUT2D eigenvalue weighted by Gasteiger charge is 2.17. The Bertz CT molecular complexity index is 242. The fourth-order valence-corrected chi connectivity index (χ4v) is 2.74. The van der Waals surface area contributed by atoms with E-state index in [2.05, 4.69) is 5.32 Å². The van der Waals surface area contributed by atoms with Crippen LogP contribution in [0, 0.1) is 11.8 Å². The van der Waals surface area contributed by atoms with E-state index in [0.29, 0.717) is 23.4 Å². The molecule has 2 rings (SSSR count). The third kappa shape index (κ3) is 10.9. The SMILES string of the molecule is C.C.CC(=O)C1CCCCC1.CC(=O)C1CCNCC1.Cl. The Hall–Kier alpha value is -0.410. The summed E-state index contributed by atoms with van der Waals surface area (Å²) in [6.07, 6.45) is 8.24. The second kappa shape index (κ2) is 14.5. The fourth-order valence-electron chi connectivity index (χ4n) is 2.74. The van der Waals surface area contributed by atoms with Gasteiger partial charge in [-0.3, -0.25) is 9.59 Å². The van der Waals surface area contributed by atoms with Gasteiger partial charge < -0.3 is 5.32 Å². The van der Waals surface area contributed by atoms with Crippen LogP contribution in [0.5, 0.6) is 0 Å². The summed E-state index contributed by atoms with van der Waals surface area (Å²) in [5, 5.41) is 3.22. The van der Waals surface area contributed by atoms with Crippen molar-refractivity contribution in [2.45, 2.75) is 73.6 Å². The number of carbonyl (C=O) groups excluding carboxylic acids is 2. The van der Waals surface area contributed by atoms with E-state index < -0.39 is 0 Å². The standard InChI is InChI=1S/C8H14O.C7H13NO.2CH4.ClH/c1-7(9)8-5-3-2-4-6-8;1-6(9)7-2-4-8-5-3-7;;;/h8H,2-6H2,1H3;7-8H,2-5H2,1H3;2*1H4;1H. The van der Waals surface area contributed by atoms with E-state index in [1.165, 1.54) is 19.3 Å². The molecule has 0 unspecified atom stereocenters. The first-order valence-corrected chi connectivity index (χ1v) is 7.33. The number of piperidine rings is 1. The van der Waals surface area contributed by atoms with Gasteiger partial charge in [-0.1, -0.05) is 34.1 Å². The summed E-state index contributed by atoms with van der Waals surface area (Å²) < 4.78 is 0. The number of nitrogens with one attached hydrogen (secondary N) is 1. The third-order valence-corrected chi connectivity index (χ3v) is 4.09. The van der Waals surface area contributed by atoms with Crippen LogP contribution < -0.4 is 5.32 Å². The van der Waals surface area contributed by atoms with Crippen molar-refractivity contribution in [1.82, 2.24) is 5.32 Å². The molecule has 1 N–H and O–H groups in total. The van der Waals surface area contributed by atoms with Crippen molar-refractivity contribution in [2.24, 2.45) is 11.8 Å². The van der Waals surface area contributed by atoms with Gasteiger partial charge in [0.2, 0.25) is 0 Å². The molecule has 0 bridgehead atoms. The fraction of sp³-hybridized carbons (Fsp3) is 0.882. The first-order valence-electron chi connectivity index (χ1n) is 7.33. The van der Waals surface area contributed by atoms with Crippen molar-refractivity contribution < 1.29 is 9.59 Å². The van der Waals surface area contributed by atoms with Gasteiger partial charge in [0, 0.05) is 11.8 Å². The lowest BCUT2D eigenvalue weighted by atomic mass is 9.87. The maximum Gasteiger partial charge on any atom is 0.133 e. The Kier molecular flexibility index (Phi) is 17.7. The highest BCUT2D eigenvalue weighted by atomic mass is 35.5. The van der Waals surface area contributed by atoms with E-state index in [9.17, 15) is 9.59 Å². The van der Waals surface area contributed by atoms with E-state index in [1.807, 2.05) is 0 Å². The summed E-state index contributed by atoms with van der Waals surface area (Å²) in [6, 6.07) is 0. The van der Waals surface area contributed by atoms with Gasteiger partial charge >= 0.3 is 0 Å². The maximum absolute atomic E-state index is 10.8. The minimum atomic E-state index is 0. The Morgan fingerprint density at radius 2 is 1.14 bits per heavy atom. The molecule has 2 fully saturated rings. The third-order valence-electron chi connectivity index (χ3n) is 4.09. The second-order valence-electron chi connectivity index (χ2n) is 5.58. The monoisotopic (exact) mass is 321 g/mol. The Labute approximate surface area is 138 Å². The van der Waals surface area contributed by atoms with Crippen LogP contribution >= 0.6 is 12.4 Å². The molecule has 0 radical (unpaired) electrons. The van der Waals surface area contributed by atoms with Crippen LogP contribution in [-0.2, 0) is 9.59 Å². The first kappa shape index (κ1) is 25.5. The highest BCUT2D eigenvalue weighted by molar-refractivity contribution is 5.85. The van der Waals surface area contributed by atoms with Crippen molar-refractivity contribution in [1.29, 1.82) is 0 Å². The van der Waals surface area contributed by atoms with Crippen LogP contribution in [0.25, 0.3) is 0 Å². The summed E-state index contributed by atoms with van der Waals surface area (Å²) in [4.78, 5) is 21.6. The highest BCUT2D eigenvalue weighted by Crippen LogP contribution is 2.23. The zero-order valence-corrected chi connectivity index (χ0v) is 13.1. The van der Waals surface area contributed by atoms with E-state index >= 15 is 0 Å². The molecule has 0 spiro atoms. The molecule has 3 nitrogen and oxygen atoms in total. The number of Topliss-reactive ketones (excluding diaryl/α,β-unsaturated/α-hetero) is 2. The van der Waals surface area contributed by atoms with Crippen LogP contribution in [0.4, 0.5) is 0 Å². The number of hydrogen-bond acceptors (Lipinski definition) is 3. The summed E-state index contributed by atoms with van der Waals surface area (Å²) in [5.74, 6) is 1.52. The minimum absolute atomic E-state index is 0. The van der Waals surface area contributed by atoms with Gasteiger partial charge in [-0.15, -0.1) is 12.4 Å². The van der Waals surface area contributed by atoms with Crippen LogP contribution in [0.1, 0.15) is 73.6 Å². The van der Waals surface area contributed by atoms with Gasteiger partial charge in [-0.05, 0) is 52.6 Å². The lowest BCUT2D eigenvalue weighted by Crippen LogP contribution is -2.30. The van der Waals surface area contributed by atoms with Gasteiger partial charge in [-0.25, -0.2) is 0 Å². The number of carbonyl (C=O) groups is 2. The lowest BCUT2D eigenvalue weighted by molar-refractivity contribution is -0.122. The molecule has 0 aromatic carbocycles. The minimum Gasteiger partial charge on any atom is -0.317 e. The predicted molar refractivity (Wildman–Crippen MR) is 94.2 cm³/mol. The first-order chi connectivity index (χ1) is 8.61. The zero-order valence-electron chi connectivity index (χ0n) is 12.2. The van der Waals surface area contributed by atoms with Gasteiger partial charge in [0.25, 0.3) is 0 Å².